The second kappa shape index (κ2) is 14.6. The summed E-state index contributed by atoms with van der Waals surface area (Å²) in [6.07, 6.45) is -5.56. The van der Waals surface area contributed by atoms with Crippen LogP contribution >= 0.6 is 25.5 Å². The molecular formula is C26H35N11O11P2S2. The van der Waals surface area contributed by atoms with Crippen LogP contribution in [0.1, 0.15) is 19.4 Å². The highest BCUT2D eigenvalue weighted by Crippen LogP contribution is 2.58. The zero-order valence-electron chi connectivity index (χ0n) is 27.4. The van der Waals surface area contributed by atoms with Gasteiger partial charge in [-0.05, 0) is 25.8 Å². The normalized spacial score (nSPS) is 34.6. The van der Waals surface area contributed by atoms with Gasteiger partial charge in [0.25, 0.3) is 6.57 Å². The molecule has 3 unspecified atom stereocenters. The average Bonchev–Trinajstić information content (AvgIpc) is 3.85. The number of ether oxygens (including phenoxy) is 4. The van der Waals surface area contributed by atoms with E-state index in [4.69, 9.17) is 55.8 Å². The highest BCUT2D eigenvalue weighted by molar-refractivity contribution is 8.46. The number of carbonyl (C=O) groups excluding carboxylic acids is 1. The lowest BCUT2D eigenvalue weighted by Crippen LogP contribution is -2.40. The van der Waals surface area contributed by atoms with Crippen molar-refractivity contribution in [1.82, 2.24) is 44.4 Å². The van der Waals surface area contributed by atoms with Gasteiger partial charge < -0.3 is 54.8 Å². The van der Waals surface area contributed by atoms with Crippen LogP contribution in [0.5, 0.6) is 0 Å². The van der Waals surface area contributed by atoms with Crippen LogP contribution in [0.25, 0.3) is 22.3 Å². The second-order valence-electron chi connectivity index (χ2n) is 12.2. The van der Waals surface area contributed by atoms with Gasteiger partial charge in [-0.2, -0.15) is 0 Å². The topological polar surface area (TPSA) is 290 Å². The van der Waals surface area contributed by atoms with E-state index in [1.54, 1.807) is 14.0 Å². The van der Waals surface area contributed by atoms with Gasteiger partial charge in [0.2, 0.25) is 0 Å². The van der Waals surface area contributed by atoms with Crippen molar-refractivity contribution >= 4 is 77.5 Å². The Kier molecular flexibility index (Phi) is 10.5. The monoisotopic (exact) mass is 803 g/mol. The van der Waals surface area contributed by atoms with Gasteiger partial charge >= 0.3 is 12.9 Å². The summed E-state index contributed by atoms with van der Waals surface area (Å²) in [6, 6.07) is 0. The Bertz CT molecular complexity index is 2060. The van der Waals surface area contributed by atoms with E-state index < -0.39 is 87.7 Å². The minimum atomic E-state index is -4.27. The number of nitrogen functional groups attached to an aromatic ring is 2. The van der Waals surface area contributed by atoms with E-state index in [1.165, 1.54) is 34.4 Å². The van der Waals surface area contributed by atoms with E-state index in [2.05, 4.69) is 47.5 Å². The number of likely N-dealkylation sites (N-methyl/N-ethyl adjacent to an activating group) is 1. The summed E-state index contributed by atoms with van der Waals surface area (Å²) in [7, 11) is 1.68. The highest BCUT2D eigenvalue weighted by Gasteiger charge is 2.54. The van der Waals surface area contributed by atoms with Crippen LogP contribution in [0, 0.1) is 5.92 Å². The molecule has 0 aliphatic carbocycles. The molecule has 11 atom stereocenters. The number of anilines is 2. The first kappa shape index (κ1) is 37.2. The molecule has 3 aliphatic heterocycles. The van der Waals surface area contributed by atoms with Crippen LogP contribution in [0.4, 0.5) is 16.4 Å². The van der Waals surface area contributed by atoms with E-state index in [9.17, 15) is 19.4 Å². The third-order valence-corrected chi connectivity index (χ3v) is 12.5. The van der Waals surface area contributed by atoms with Crippen molar-refractivity contribution in [3.05, 3.63) is 25.3 Å². The van der Waals surface area contributed by atoms with Crippen LogP contribution in [-0.4, -0.2) is 125 Å². The number of hydrogen-bond acceptors (Lipinski definition) is 20. The SMILES string of the molecule is CNCC(C)OC(=O)O[C@@H]1[C@@H]2OP(O)(=S)OC[C@H]3O[C@@H](n4cnc5c(N)ncnc54)[C@H](CP(=O)(S)OC[C@H]2O[C@H]1n1cnc2c(N)ncnc21)[C@@H]3O. The molecule has 26 heteroatoms. The number of hydrogen-bond donors (Lipinski definition) is 6. The van der Waals surface area contributed by atoms with Crippen molar-refractivity contribution in [3.63, 3.8) is 0 Å². The minimum absolute atomic E-state index is 0.0777. The Labute approximate surface area is 304 Å². The van der Waals surface area contributed by atoms with Crippen molar-refractivity contribution in [2.75, 3.05) is 44.4 Å². The predicted octanol–water partition coefficient (Wildman–Crippen LogP) is 0.504. The molecule has 4 aromatic rings. The number of carbonyl (C=O) groups is 1. The number of nitrogens with two attached hydrogens (primary N) is 2. The van der Waals surface area contributed by atoms with Crippen LogP contribution in [0.2, 0.25) is 0 Å². The maximum absolute atomic E-state index is 14.1. The molecular weight excluding hydrogens is 768 g/mol. The van der Waals surface area contributed by atoms with Crippen LogP contribution in [0.3, 0.4) is 0 Å². The van der Waals surface area contributed by atoms with Crippen molar-refractivity contribution in [2.24, 2.45) is 5.92 Å². The molecule has 7 N–H and O–H groups in total. The van der Waals surface area contributed by atoms with Crippen molar-refractivity contribution in [1.29, 1.82) is 0 Å². The maximum Gasteiger partial charge on any atom is 0.509 e. The van der Waals surface area contributed by atoms with E-state index in [-0.39, 0.29) is 34.5 Å². The molecule has 0 aromatic carbocycles. The fourth-order valence-corrected chi connectivity index (χ4v) is 9.96. The van der Waals surface area contributed by atoms with Crippen molar-refractivity contribution in [3.8, 4) is 0 Å². The summed E-state index contributed by atoms with van der Waals surface area (Å²) in [5.41, 5.74) is 13.0. The fourth-order valence-electron chi connectivity index (χ4n) is 6.34. The molecule has 7 rings (SSSR count). The number of imidazole rings is 2. The summed E-state index contributed by atoms with van der Waals surface area (Å²) in [5.74, 6) is -0.729. The van der Waals surface area contributed by atoms with Gasteiger partial charge in [0.15, 0.2) is 35.3 Å². The van der Waals surface area contributed by atoms with Gasteiger partial charge in [0.1, 0.15) is 54.3 Å². The lowest BCUT2D eigenvalue weighted by Gasteiger charge is -2.28. The molecule has 3 fully saturated rings. The van der Waals surface area contributed by atoms with Crippen molar-refractivity contribution < 1.29 is 51.9 Å². The van der Waals surface area contributed by atoms with E-state index in [0.717, 1.165) is 0 Å². The Morgan fingerprint density at radius 3 is 2.27 bits per heavy atom. The van der Waals surface area contributed by atoms with E-state index in [0.29, 0.717) is 12.2 Å². The quantitative estimate of drug-likeness (QED) is 0.0879. The zero-order chi connectivity index (χ0) is 36.9. The summed E-state index contributed by atoms with van der Waals surface area (Å²) in [5, 5.41) is 14.3. The molecule has 22 nitrogen and oxygen atoms in total. The van der Waals surface area contributed by atoms with Gasteiger partial charge in [0, 0.05) is 18.6 Å². The van der Waals surface area contributed by atoms with Crippen LogP contribution < -0.4 is 16.8 Å². The number of fused-ring (bicyclic) bond motifs is 5. The third-order valence-electron chi connectivity index (χ3n) is 8.67. The Balaban J connectivity index is 1.22. The number of aliphatic hydroxyl groups excluding tert-OH is 1. The largest absolute Gasteiger partial charge is 0.509 e. The summed E-state index contributed by atoms with van der Waals surface area (Å²) in [4.78, 5) is 49.5. The Morgan fingerprint density at radius 1 is 1.04 bits per heavy atom. The molecule has 0 spiro atoms. The average molecular weight is 804 g/mol. The minimum Gasteiger partial charge on any atom is -0.430 e. The van der Waals surface area contributed by atoms with Gasteiger partial charge in [0.05, 0.1) is 32.0 Å². The lowest BCUT2D eigenvalue weighted by molar-refractivity contribution is -0.0664. The first-order chi connectivity index (χ1) is 24.7. The standard InChI is InChI=1S/C26H35N11O11P2S2/c1-11(3-29-2)44-26(39)47-19-18-14(46-25(19)37-10-35-16-21(28)31-8-33-23(16)37)5-42-49(40,51)6-12-17(38)13(4-43-50(41,52)48-18)45-24(12)36-9-34-15-20(27)30-7-32-22(15)36/h7-14,17-19,24-25,29,38H,3-6H2,1-2H3,(H,40,51)(H,41,52)(H2,27,30,32)(H2,28,31,33)/t11?,12-,13-,14-,17+,18-,19-,24-,25-,49?,50?/m1/s1. The molecule has 4 aromatic heterocycles. The number of aromatic nitrogens is 8. The number of rotatable bonds is 6. The van der Waals surface area contributed by atoms with Crippen molar-refractivity contribution in [2.45, 2.75) is 56.0 Å². The van der Waals surface area contributed by atoms with E-state index >= 15 is 0 Å². The molecule has 0 saturated carbocycles. The molecule has 0 amide bonds. The molecule has 0 radical (unpaired) electrons. The molecule has 7 heterocycles. The smallest absolute Gasteiger partial charge is 0.430 e. The number of nitrogens with one attached hydrogen (secondary N) is 1. The highest BCUT2D eigenvalue weighted by atomic mass is 32.7. The number of aliphatic hydroxyl groups is 1. The lowest BCUT2D eigenvalue weighted by atomic mass is 10.0. The molecule has 52 heavy (non-hydrogen) atoms. The Morgan fingerprint density at radius 2 is 1.63 bits per heavy atom. The van der Waals surface area contributed by atoms with Gasteiger partial charge in [-0.25, -0.2) is 34.7 Å². The van der Waals surface area contributed by atoms with Gasteiger partial charge in [-0.3, -0.25) is 18.2 Å². The molecule has 3 aliphatic rings. The summed E-state index contributed by atoms with van der Waals surface area (Å²) >= 11 is 9.80. The number of thiol groups is 1. The van der Waals surface area contributed by atoms with Gasteiger partial charge in [-0.1, -0.05) is 12.2 Å². The van der Waals surface area contributed by atoms with E-state index in [1.807, 2.05) is 0 Å². The first-order valence-electron chi connectivity index (χ1n) is 15.7. The molecule has 282 valence electrons. The summed E-state index contributed by atoms with van der Waals surface area (Å²) in [6.45, 7) is -7.17. The number of nitrogens with zero attached hydrogens (tertiary/aromatic N) is 8. The predicted molar refractivity (Wildman–Crippen MR) is 186 cm³/mol. The zero-order valence-corrected chi connectivity index (χ0v) is 30.9. The second-order valence-corrected chi connectivity index (χ2v) is 18.7. The van der Waals surface area contributed by atoms with Gasteiger partial charge in [-0.15, -0.1) is 0 Å². The Hall–Kier alpha value is -3.12. The van der Waals surface area contributed by atoms with Crippen LogP contribution in [-0.2, 0) is 48.9 Å². The molecule has 2 bridgehead atoms. The maximum atomic E-state index is 14.1. The fraction of sp³-hybridized carbons (Fsp3) is 0.577. The molecule has 3 saturated heterocycles. The van der Waals surface area contributed by atoms with Crippen LogP contribution in [0.15, 0.2) is 25.3 Å². The summed E-state index contributed by atoms with van der Waals surface area (Å²) < 4.78 is 58.3. The first-order valence-corrected chi connectivity index (χ1v) is 21.3. The third kappa shape index (κ3) is 7.35.